The highest BCUT2D eigenvalue weighted by atomic mass is 31.2. The van der Waals surface area contributed by atoms with Crippen LogP contribution in [-0.2, 0) is 21.8 Å². The van der Waals surface area contributed by atoms with E-state index in [0.717, 1.165) is 37.0 Å². The minimum atomic E-state index is -4.75. The third kappa shape index (κ3) is 9.82. The van der Waals surface area contributed by atoms with Crippen LogP contribution < -0.4 is 21.3 Å². The summed E-state index contributed by atoms with van der Waals surface area (Å²) in [6.45, 7) is 13.0. The number of amides is 1. The van der Waals surface area contributed by atoms with Gasteiger partial charge in [0.15, 0.2) is 11.8 Å². The molecule has 16 heteroatoms. The van der Waals surface area contributed by atoms with Crippen LogP contribution in [0.15, 0.2) is 71.6 Å². The molecule has 0 saturated carbocycles. The largest absolute Gasteiger partial charge is 0.418 e. The number of rotatable bonds is 16. The third-order valence-electron chi connectivity index (χ3n) is 8.15. The van der Waals surface area contributed by atoms with Crippen molar-refractivity contribution in [3.05, 3.63) is 77.8 Å². The van der Waals surface area contributed by atoms with Crippen LogP contribution in [0.1, 0.15) is 50.5 Å². The maximum Gasteiger partial charge on any atom is 0.418 e. The lowest BCUT2D eigenvalue weighted by Crippen LogP contribution is -2.48. The standard InChI is InChI=1S/C34H46F3N8O4P/c1-7-44(8-2)17-18-45-22-26(20-40-45)25-13-16-29(28(19-25)31(46)38-6)42-33(5)30(34(35,36)37)21-39-32(43-33)41-27-14-11-24(12-15-27)23-50(47,48-9-3)49-10-4/h11-16,19-22,47H,7-10,17-18,23H2,1-6H3,(H3-,38,39,41,42,43,46)/p+1. The summed E-state index contributed by atoms with van der Waals surface area (Å²) < 4.78 is 56.0. The highest BCUT2D eigenvalue weighted by molar-refractivity contribution is 7.59. The van der Waals surface area contributed by atoms with Crippen LogP contribution in [0.25, 0.3) is 11.1 Å². The van der Waals surface area contributed by atoms with Gasteiger partial charge in [0, 0.05) is 42.9 Å². The molecule has 0 spiro atoms. The zero-order valence-corrected chi connectivity index (χ0v) is 30.2. The van der Waals surface area contributed by atoms with E-state index in [2.05, 4.69) is 50.1 Å². The van der Waals surface area contributed by atoms with Gasteiger partial charge in [-0.1, -0.05) is 32.0 Å². The molecule has 1 unspecified atom stereocenters. The first-order valence-electron chi connectivity index (χ1n) is 16.6. The number of nitrogens with zero attached hydrogens (tertiary/aromatic N) is 4. The second-order valence-corrected chi connectivity index (χ2v) is 13.8. The van der Waals surface area contributed by atoms with Crippen LogP contribution in [0, 0.1) is 0 Å². The van der Waals surface area contributed by atoms with Crippen molar-refractivity contribution >= 4 is 31.2 Å². The van der Waals surface area contributed by atoms with E-state index in [1.165, 1.54) is 14.0 Å². The van der Waals surface area contributed by atoms with Crippen LogP contribution >= 0.6 is 7.94 Å². The number of aliphatic imine (C=N–C) groups is 1. The lowest BCUT2D eigenvalue weighted by atomic mass is 9.98. The van der Waals surface area contributed by atoms with E-state index in [9.17, 15) is 22.9 Å². The molecule has 5 N–H and O–H groups in total. The Morgan fingerprint density at radius 2 is 1.74 bits per heavy atom. The number of alkyl halides is 3. The number of benzene rings is 2. The molecule has 272 valence electrons. The Morgan fingerprint density at radius 3 is 2.34 bits per heavy atom. The fourth-order valence-electron chi connectivity index (χ4n) is 5.54. The Labute approximate surface area is 291 Å². The molecule has 0 fully saturated rings. The summed E-state index contributed by atoms with van der Waals surface area (Å²) in [5.41, 5.74) is 0.0380. The molecule has 2 aromatic carbocycles. The second kappa shape index (κ2) is 16.8. The van der Waals surface area contributed by atoms with Gasteiger partial charge in [0.05, 0.1) is 37.1 Å². The lowest BCUT2D eigenvalue weighted by molar-refractivity contribution is -0.0992. The molecule has 1 aliphatic heterocycles. The molecule has 4 rings (SSSR count). The van der Waals surface area contributed by atoms with Gasteiger partial charge in [-0.05, 0) is 69.3 Å². The smallest absolute Gasteiger partial charge is 0.357 e. The summed E-state index contributed by atoms with van der Waals surface area (Å²) >= 11 is 0. The summed E-state index contributed by atoms with van der Waals surface area (Å²) in [5, 5.41) is 15.6. The van der Waals surface area contributed by atoms with E-state index >= 15 is 0 Å². The highest BCUT2D eigenvalue weighted by Gasteiger charge is 2.48. The van der Waals surface area contributed by atoms with Gasteiger partial charge in [-0.3, -0.25) is 9.48 Å². The molecule has 50 heavy (non-hydrogen) atoms. The fraction of sp³-hybridized carbons (Fsp3) is 0.441. The molecular weight excluding hydrogens is 672 g/mol. The average Bonchev–Trinajstić information content (AvgIpc) is 3.54. The number of carbonyl (C=O) groups is 1. The summed E-state index contributed by atoms with van der Waals surface area (Å²) in [7, 11) is -1.61. The van der Waals surface area contributed by atoms with Gasteiger partial charge in [-0.25, -0.2) is 4.99 Å². The normalized spacial score (nSPS) is 16.5. The van der Waals surface area contributed by atoms with Crippen molar-refractivity contribution < 1.29 is 31.9 Å². The van der Waals surface area contributed by atoms with E-state index in [4.69, 9.17) is 9.05 Å². The Balaban J connectivity index is 1.59. The van der Waals surface area contributed by atoms with Crippen LogP contribution in [0.5, 0.6) is 0 Å². The monoisotopic (exact) mass is 719 g/mol. The topological polar surface area (TPSA) is 137 Å². The Kier molecular flexibility index (Phi) is 13.0. The molecule has 1 aliphatic rings. The lowest BCUT2D eigenvalue weighted by Gasteiger charge is -2.35. The minimum absolute atomic E-state index is 0.0450. The molecule has 0 aliphatic carbocycles. The van der Waals surface area contributed by atoms with E-state index in [-0.39, 0.29) is 23.4 Å². The summed E-state index contributed by atoms with van der Waals surface area (Å²) in [6, 6.07) is 11.9. The number of hydrogen-bond acceptors (Lipinski definition) is 10. The molecule has 12 nitrogen and oxygen atoms in total. The zero-order chi connectivity index (χ0) is 36.5. The maximum atomic E-state index is 14.4. The van der Waals surface area contributed by atoms with Crippen LogP contribution in [0.4, 0.5) is 24.5 Å². The summed E-state index contributed by atoms with van der Waals surface area (Å²) in [5.74, 6) is -0.438. The molecule has 1 atom stereocenters. The fourth-order valence-corrected chi connectivity index (χ4v) is 7.28. The Hall–Kier alpha value is -4.01. The van der Waals surface area contributed by atoms with Crippen molar-refractivity contribution in [3.63, 3.8) is 0 Å². The van der Waals surface area contributed by atoms with Crippen LogP contribution in [0.3, 0.4) is 0 Å². The van der Waals surface area contributed by atoms with E-state index in [0.29, 0.717) is 31.0 Å². The van der Waals surface area contributed by atoms with Gasteiger partial charge in [-0.15, -0.1) is 0 Å². The number of anilines is 2. The van der Waals surface area contributed by atoms with Gasteiger partial charge in [-0.2, -0.15) is 32.2 Å². The Morgan fingerprint density at radius 1 is 1.06 bits per heavy atom. The number of halogens is 3. The van der Waals surface area contributed by atoms with E-state index in [1.54, 1.807) is 62.5 Å². The van der Waals surface area contributed by atoms with E-state index < -0.39 is 31.3 Å². The first kappa shape index (κ1) is 38.8. The van der Waals surface area contributed by atoms with Gasteiger partial charge in [0.1, 0.15) is 0 Å². The molecule has 0 saturated heterocycles. The van der Waals surface area contributed by atoms with Gasteiger partial charge < -0.3 is 26.2 Å². The molecule has 0 bridgehead atoms. The average molecular weight is 720 g/mol. The molecule has 1 aromatic heterocycles. The van der Waals surface area contributed by atoms with Crippen molar-refractivity contribution in [2.75, 3.05) is 50.5 Å². The summed E-state index contributed by atoms with van der Waals surface area (Å²) in [4.78, 5) is 30.5. The van der Waals surface area contributed by atoms with Gasteiger partial charge in [0.25, 0.3) is 5.91 Å². The first-order chi connectivity index (χ1) is 23.8. The number of carbonyl (C=O) groups excluding carboxylic acids is 1. The second-order valence-electron chi connectivity index (χ2n) is 11.7. The number of guanidine groups is 1. The summed E-state index contributed by atoms with van der Waals surface area (Å²) in [6.07, 6.45) is -0.136. The van der Waals surface area contributed by atoms with Crippen molar-refractivity contribution in [2.45, 2.75) is 59.2 Å². The minimum Gasteiger partial charge on any atom is -0.357 e. The van der Waals surface area contributed by atoms with E-state index in [1.807, 2.05) is 10.9 Å². The zero-order valence-electron chi connectivity index (χ0n) is 29.3. The highest BCUT2D eigenvalue weighted by Crippen LogP contribution is 2.59. The third-order valence-corrected chi connectivity index (χ3v) is 10.2. The number of hydrogen-bond donors (Lipinski definition) is 5. The molecule has 1 amide bonds. The van der Waals surface area contributed by atoms with Crippen molar-refractivity contribution in [2.24, 2.45) is 4.99 Å². The molecule has 3 aromatic rings. The number of aromatic nitrogens is 2. The van der Waals surface area contributed by atoms with Crippen LogP contribution in [-0.4, -0.2) is 83.2 Å². The van der Waals surface area contributed by atoms with Crippen molar-refractivity contribution in [3.8, 4) is 11.1 Å². The van der Waals surface area contributed by atoms with Crippen molar-refractivity contribution in [1.82, 2.24) is 25.3 Å². The Bertz CT molecular complexity index is 1650. The molecule has 0 radical (unpaired) electrons. The first-order valence-corrected chi connectivity index (χ1v) is 18.3. The predicted molar refractivity (Wildman–Crippen MR) is 192 cm³/mol. The number of likely N-dealkylation sites (N-methyl/N-ethyl adjacent to an activating group) is 1. The molecular formula is C34H47F3N8O4P+. The van der Waals surface area contributed by atoms with Gasteiger partial charge in [0.2, 0.25) is 5.96 Å². The SMILES string of the molecule is CCO[P+](O)(Cc1ccc(NC2=NC(C)(Nc3ccc(-c4cnn(CCN(CC)CC)c4)cc3C(=O)NC)C(C(F)(F)F)=CN2)cc1)OCC. The quantitative estimate of drug-likeness (QED) is 0.109. The predicted octanol–water partition coefficient (Wildman–Crippen LogP) is 6.23. The molecule has 2 heterocycles. The number of nitrogens with one attached hydrogen (secondary N) is 4. The van der Waals surface area contributed by atoms with Crippen LogP contribution in [0.2, 0.25) is 0 Å². The maximum absolute atomic E-state index is 14.4. The van der Waals surface area contributed by atoms with Crippen molar-refractivity contribution in [1.29, 1.82) is 0 Å². The van der Waals surface area contributed by atoms with Gasteiger partial charge >= 0.3 is 14.1 Å².